The number of rotatable bonds is 5. The summed E-state index contributed by atoms with van der Waals surface area (Å²) in [5, 5.41) is 13.2. The monoisotopic (exact) mass is 298 g/mol. The molecule has 0 aliphatic carbocycles. The molecule has 0 saturated carbocycles. The maximum atomic E-state index is 10.6. The van der Waals surface area contributed by atoms with E-state index in [1.165, 1.54) is 20.2 Å². The van der Waals surface area contributed by atoms with Crippen molar-refractivity contribution in [1.29, 1.82) is 0 Å². The van der Waals surface area contributed by atoms with Crippen molar-refractivity contribution in [3.05, 3.63) is 23.8 Å². The van der Waals surface area contributed by atoms with E-state index in [0.717, 1.165) is 0 Å². The van der Waals surface area contributed by atoms with E-state index in [1.54, 1.807) is 25.1 Å². The number of phenolic OH excluding ortho intramolecular Hbond substituents is 1. The summed E-state index contributed by atoms with van der Waals surface area (Å²) in [5.74, 6) is 0.225. The minimum atomic E-state index is -0.119. The standard InChI is InChI=1S/C11H13NO4.C2H5NS/c1-8(13)7-16-12-6-9-4-3-5-10(15-2)11(9)14;1-2(3)4/h3-6,14H,7H2,1-2H3;1H3,(H2,3,4)/b12-6+;. The predicted octanol–water partition coefficient (Wildman–Crippen LogP) is 1.63. The topological polar surface area (TPSA) is 94.1 Å². The van der Waals surface area contributed by atoms with Gasteiger partial charge < -0.3 is 20.4 Å². The first-order valence-electron chi connectivity index (χ1n) is 5.65. The Hall–Kier alpha value is -2.15. The smallest absolute Gasteiger partial charge is 0.174 e. The lowest BCUT2D eigenvalue weighted by atomic mass is 10.2. The maximum Gasteiger partial charge on any atom is 0.174 e. The number of phenols is 1. The minimum Gasteiger partial charge on any atom is -0.504 e. The van der Waals surface area contributed by atoms with E-state index in [0.29, 0.717) is 16.3 Å². The Morgan fingerprint density at radius 3 is 2.60 bits per heavy atom. The van der Waals surface area contributed by atoms with Crippen LogP contribution in [0.3, 0.4) is 0 Å². The first-order valence-corrected chi connectivity index (χ1v) is 6.06. The van der Waals surface area contributed by atoms with Gasteiger partial charge in [0.1, 0.15) is 0 Å². The highest BCUT2D eigenvalue weighted by Gasteiger charge is 2.04. The van der Waals surface area contributed by atoms with Gasteiger partial charge in [-0.15, -0.1) is 0 Å². The van der Waals surface area contributed by atoms with Gasteiger partial charge in [-0.25, -0.2) is 0 Å². The summed E-state index contributed by atoms with van der Waals surface area (Å²) < 4.78 is 4.92. The first kappa shape index (κ1) is 17.8. The lowest BCUT2D eigenvalue weighted by Gasteiger charge is -2.04. The fourth-order valence-electron chi connectivity index (χ4n) is 1.03. The molecule has 1 aromatic carbocycles. The van der Waals surface area contributed by atoms with Crippen LogP contribution in [0.2, 0.25) is 0 Å². The second-order valence-corrected chi connectivity index (χ2v) is 4.36. The van der Waals surface area contributed by atoms with E-state index in [2.05, 4.69) is 17.4 Å². The van der Waals surface area contributed by atoms with Crippen LogP contribution in [0.4, 0.5) is 0 Å². The Bertz CT molecular complexity index is 485. The molecule has 0 bridgehead atoms. The van der Waals surface area contributed by atoms with Crippen molar-refractivity contribution in [3.8, 4) is 11.5 Å². The third-order valence-corrected chi connectivity index (χ3v) is 1.78. The predicted molar refractivity (Wildman–Crippen MR) is 81.3 cm³/mol. The molecule has 0 radical (unpaired) electrons. The molecule has 3 N–H and O–H groups in total. The fraction of sp³-hybridized carbons (Fsp3) is 0.308. The SMILES string of the molecule is CC(N)=S.COc1cccc(/C=N/OCC(C)=O)c1O. The molecule has 0 aliphatic heterocycles. The quantitative estimate of drug-likeness (QED) is 0.487. The second kappa shape index (κ2) is 9.74. The van der Waals surface area contributed by atoms with Crippen molar-refractivity contribution in [1.82, 2.24) is 0 Å². The van der Waals surface area contributed by atoms with Crippen LogP contribution in [0.1, 0.15) is 19.4 Å². The van der Waals surface area contributed by atoms with Crippen molar-refractivity contribution in [3.63, 3.8) is 0 Å². The van der Waals surface area contributed by atoms with Gasteiger partial charge in [-0.1, -0.05) is 23.4 Å². The summed E-state index contributed by atoms with van der Waals surface area (Å²) in [6.45, 7) is 3.00. The van der Waals surface area contributed by atoms with Gasteiger partial charge in [0, 0.05) is 5.56 Å². The molecule has 0 amide bonds. The summed E-state index contributed by atoms with van der Waals surface area (Å²) in [6, 6.07) is 4.99. The zero-order valence-corrected chi connectivity index (χ0v) is 12.4. The Morgan fingerprint density at radius 1 is 1.50 bits per heavy atom. The molecule has 0 spiro atoms. The van der Waals surface area contributed by atoms with Gasteiger partial charge in [0.2, 0.25) is 0 Å². The molecule has 0 heterocycles. The number of thiocarbonyl (C=S) groups is 1. The summed E-state index contributed by atoms with van der Waals surface area (Å²) in [4.78, 5) is 15.7. The zero-order valence-electron chi connectivity index (χ0n) is 11.6. The summed E-state index contributed by atoms with van der Waals surface area (Å²) in [6.07, 6.45) is 1.32. The molecule has 1 aromatic rings. The molecule has 110 valence electrons. The average Bonchev–Trinajstić information content (AvgIpc) is 2.35. The van der Waals surface area contributed by atoms with Crippen molar-refractivity contribution < 1.29 is 19.5 Å². The Balaban J connectivity index is 0.000000796. The number of carbonyl (C=O) groups is 1. The number of hydrogen-bond acceptors (Lipinski definition) is 6. The van der Waals surface area contributed by atoms with Crippen LogP contribution in [0.5, 0.6) is 11.5 Å². The molecule has 20 heavy (non-hydrogen) atoms. The van der Waals surface area contributed by atoms with Gasteiger partial charge in [0.25, 0.3) is 0 Å². The van der Waals surface area contributed by atoms with Crippen LogP contribution in [-0.4, -0.2) is 35.8 Å². The van der Waals surface area contributed by atoms with Crippen LogP contribution in [-0.2, 0) is 9.63 Å². The molecule has 7 heteroatoms. The number of Topliss-reactive ketones (excluding diaryl/α,β-unsaturated/α-hetero) is 1. The number of nitrogens with two attached hydrogens (primary N) is 1. The van der Waals surface area contributed by atoms with Gasteiger partial charge in [-0.3, -0.25) is 4.79 Å². The number of hydrogen-bond donors (Lipinski definition) is 2. The van der Waals surface area contributed by atoms with Crippen molar-refractivity contribution >= 4 is 29.2 Å². The van der Waals surface area contributed by atoms with Gasteiger partial charge in [0.05, 0.1) is 18.3 Å². The number of benzene rings is 1. The molecule has 0 aliphatic rings. The molecule has 0 fully saturated rings. The molecular formula is C13H18N2O4S. The lowest BCUT2D eigenvalue weighted by Crippen LogP contribution is -1.99. The summed E-state index contributed by atoms with van der Waals surface area (Å²) in [7, 11) is 1.46. The van der Waals surface area contributed by atoms with Crippen LogP contribution in [0.25, 0.3) is 0 Å². The largest absolute Gasteiger partial charge is 0.504 e. The number of para-hydroxylation sites is 1. The number of methoxy groups -OCH3 is 1. The van der Waals surface area contributed by atoms with Crippen LogP contribution < -0.4 is 10.5 Å². The van der Waals surface area contributed by atoms with Gasteiger partial charge in [-0.05, 0) is 26.0 Å². The van der Waals surface area contributed by atoms with E-state index in [1.807, 2.05) is 0 Å². The summed E-state index contributed by atoms with van der Waals surface area (Å²) in [5.41, 5.74) is 5.30. The van der Waals surface area contributed by atoms with E-state index in [9.17, 15) is 9.90 Å². The zero-order chi connectivity index (χ0) is 15.5. The van der Waals surface area contributed by atoms with Crippen LogP contribution in [0.15, 0.2) is 23.4 Å². The third kappa shape index (κ3) is 8.04. The first-order chi connectivity index (χ1) is 9.38. The number of aromatic hydroxyl groups is 1. The molecule has 1 rings (SSSR count). The highest BCUT2D eigenvalue weighted by Crippen LogP contribution is 2.27. The fourth-order valence-corrected chi connectivity index (χ4v) is 1.03. The second-order valence-electron chi connectivity index (χ2n) is 3.72. The minimum absolute atomic E-state index is 0.0137. The molecular weight excluding hydrogens is 280 g/mol. The highest BCUT2D eigenvalue weighted by molar-refractivity contribution is 7.80. The van der Waals surface area contributed by atoms with Gasteiger partial charge in [-0.2, -0.15) is 0 Å². The molecule has 0 aromatic heterocycles. The number of nitrogens with zero attached hydrogens (tertiary/aromatic N) is 1. The molecule has 0 atom stereocenters. The van der Waals surface area contributed by atoms with E-state index >= 15 is 0 Å². The van der Waals surface area contributed by atoms with Gasteiger partial charge >= 0.3 is 0 Å². The average molecular weight is 298 g/mol. The van der Waals surface area contributed by atoms with Gasteiger partial charge in [0.15, 0.2) is 23.9 Å². The Labute approximate surface area is 123 Å². The van der Waals surface area contributed by atoms with Crippen molar-refractivity contribution in [2.24, 2.45) is 10.9 Å². The Morgan fingerprint density at radius 2 is 2.10 bits per heavy atom. The molecule has 0 saturated heterocycles. The lowest BCUT2D eigenvalue weighted by molar-refractivity contribution is -0.121. The molecule has 0 unspecified atom stereocenters. The normalized spacial score (nSPS) is 9.55. The molecule has 6 nitrogen and oxygen atoms in total. The van der Waals surface area contributed by atoms with E-state index in [4.69, 9.17) is 15.3 Å². The maximum absolute atomic E-state index is 10.6. The van der Waals surface area contributed by atoms with E-state index in [-0.39, 0.29) is 18.1 Å². The highest BCUT2D eigenvalue weighted by atomic mass is 32.1. The van der Waals surface area contributed by atoms with Crippen molar-refractivity contribution in [2.45, 2.75) is 13.8 Å². The summed E-state index contributed by atoms with van der Waals surface area (Å²) >= 11 is 4.31. The van der Waals surface area contributed by atoms with Crippen molar-refractivity contribution in [2.75, 3.05) is 13.7 Å². The van der Waals surface area contributed by atoms with Crippen LogP contribution >= 0.6 is 12.2 Å². The number of ketones is 1. The third-order valence-electron chi connectivity index (χ3n) is 1.78. The van der Waals surface area contributed by atoms with E-state index < -0.39 is 0 Å². The number of carbonyl (C=O) groups excluding carboxylic acids is 1. The number of oxime groups is 1. The van der Waals surface area contributed by atoms with Crippen LogP contribution in [0, 0.1) is 0 Å². The number of ether oxygens (including phenoxy) is 1. The Kier molecular flexibility index (Phi) is 8.69.